The van der Waals surface area contributed by atoms with Crippen LogP contribution in [0.3, 0.4) is 0 Å². The Morgan fingerprint density at radius 3 is 1.80 bits per heavy atom. The summed E-state index contributed by atoms with van der Waals surface area (Å²) >= 11 is -2.60. The molecule has 0 aromatic heterocycles. The molecule has 0 heterocycles. The molecule has 0 spiro atoms. The van der Waals surface area contributed by atoms with E-state index in [9.17, 15) is 4.79 Å². The van der Waals surface area contributed by atoms with Crippen LogP contribution in [-0.2, 0) is 14.9 Å². The minimum atomic E-state index is -2.60. The van der Waals surface area contributed by atoms with Crippen molar-refractivity contribution in [2.45, 2.75) is 206 Å². The third kappa shape index (κ3) is 14.2. The summed E-state index contributed by atoms with van der Waals surface area (Å²) in [7, 11) is 0. The quantitative estimate of drug-likeness (QED) is 0.0569. The van der Waals surface area contributed by atoms with E-state index in [1.54, 1.807) is 0 Å². The molecule has 1 fully saturated rings. The second kappa shape index (κ2) is 22.9. The third-order valence-corrected chi connectivity index (χ3v) is 29.7. The predicted octanol–water partition coefficient (Wildman–Crippen LogP) is 13.8. The Hall–Kier alpha value is -0.511. The second-order valence-electron chi connectivity index (χ2n) is 15.8. The number of unbranched alkanes of at least 4 members (excludes halogenated alkanes) is 11. The molecule has 2 rings (SSSR count). The van der Waals surface area contributed by atoms with Crippen LogP contribution < -0.4 is 0 Å². The summed E-state index contributed by atoms with van der Waals surface area (Å²) in [6, 6.07) is 11.0. The number of carbonyl (C=O) groups is 1. The molecule has 0 radical (unpaired) electrons. The Balaban J connectivity index is 2.22. The van der Waals surface area contributed by atoms with Crippen molar-refractivity contribution in [1.29, 1.82) is 0 Å². The van der Waals surface area contributed by atoms with Crippen LogP contribution in [-0.4, -0.2) is 30.5 Å². The van der Waals surface area contributed by atoms with E-state index < -0.39 is 18.4 Å². The number of hydrogen-bond donors (Lipinski definition) is 0. The van der Waals surface area contributed by atoms with Gasteiger partial charge in [-0.3, -0.25) is 0 Å². The first-order valence-electron chi connectivity index (χ1n) is 20.0. The standard InChI is InChI=1S/C30H49O2.3C4H9.Sn/c1-5-6-7-8-9-10-11-12-13-14-18-21-29(31)32-28-24-25(2)22-23-27(28)30(3,4)26-19-16-15-17-20-26;3*1-3-4-2;/h15-20,25,27-28H,5-14,21-24H2,1-4H3;3*1,3-4H2,2H3;/t25-,27-,28-;;;;/m1..../s1. The third-order valence-electron chi connectivity index (χ3n) is 11.8. The number of carbonyl (C=O) groups excluding carboxylic acids is 1. The molecule has 260 valence electrons. The summed E-state index contributed by atoms with van der Waals surface area (Å²) in [5.74, 6) is 1.15. The van der Waals surface area contributed by atoms with Crippen molar-refractivity contribution < 1.29 is 9.53 Å². The molecule has 4 atom stereocenters. The van der Waals surface area contributed by atoms with Crippen molar-refractivity contribution >= 4 is 24.3 Å². The van der Waals surface area contributed by atoms with Crippen molar-refractivity contribution in [3.05, 3.63) is 35.9 Å². The van der Waals surface area contributed by atoms with Gasteiger partial charge in [0.15, 0.2) is 0 Å². The molecule has 1 aliphatic carbocycles. The molecule has 0 saturated heterocycles. The van der Waals surface area contributed by atoms with Crippen LogP contribution in [0.15, 0.2) is 30.3 Å². The van der Waals surface area contributed by atoms with Gasteiger partial charge in [-0.2, -0.15) is 0 Å². The van der Waals surface area contributed by atoms with Gasteiger partial charge in [0.1, 0.15) is 0 Å². The molecule has 1 aromatic carbocycles. The molecule has 1 aliphatic rings. The average Bonchev–Trinajstić information content (AvgIpc) is 3.03. The molecule has 3 heteroatoms. The normalized spacial score (nSPS) is 19.8. The van der Waals surface area contributed by atoms with Crippen molar-refractivity contribution in [1.82, 2.24) is 0 Å². The van der Waals surface area contributed by atoms with E-state index in [1.165, 1.54) is 128 Å². The molecule has 1 aromatic rings. The van der Waals surface area contributed by atoms with Crippen LogP contribution >= 0.6 is 0 Å². The minimum absolute atomic E-state index is 0.00530. The first-order valence-corrected chi connectivity index (χ1v) is 27.7. The van der Waals surface area contributed by atoms with E-state index in [0.717, 1.165) is 12.8 Å². The van der Waals surface area contributed by atoms with Crippen molar-refractivity contribution in [2.24, 2.45) is 11.8 Å². The van der Waals surface area contributed by atoms with Gasteiger partial charge in [0.05, 0.1) is 0 Å². The van der Waals surface area contributed by atoms with Crippen LogP contribution in [0.5, 0.6) is 0 Å². The predicted molar refractivity (Wildman–Crippen MR) is 201 cm³/mol. The number of esters is 1. The Morgan fingerprint density at radius 2 is 1.27 bits per heavy atom. The number of benzene rings is 1. The van der Waals surface area contributed by atoms with Crippen molar-refractivity contribution in [2.75, 3.05) is 0 Å². The Labute approximate surface area is 285 Å². The van der Waals surface area contributed by atoms with E-state index in [4.69, 9.17) is 4.74 Å². The SMILES string of the molecule is CCCCCCCCCCC[C@H](CC(=O)O[C@@H]1C[C@H](C)CC[C@H]1C(C)(C)c1ccccc1)[Sn]([CH2]CCC)([CH2]CCC)[CH2]CCC. The monoisotopic (exact) mass is 732 g/mol. The zero-order valence-electron chi connectivity index (χ0n) is 31.3. The van der Waals surface area contributed by atoms with E-state index in [-0.39, 0.29) is 17.5 Å². The van der Waals surface area contributed by atoms with Gasteiger partial charge < -0.3 is 0 Å². The fourth-order valence-corrected chi connectivity index (χ4v) is 27.4. The van der Waals surface area contributed by atoms with Crippen LogP contribution in [0.1, 0.15) is 182 Å². The van der Waals surface area contributed by atoms with E-state index in [1.807, 2.05) is 0 Å². The Bertz CT molecular complexity index is 858. The molecule has 0 bridgehead atoms. The summed E-state index contributed by atoms with van der Waals surface area (Å²) in [6.45, 7) is 16.6. The summed E-state index contributed by atoms with van der Waals surface area (Å²) in [6.07, 6.45) is 25.8. The molecule has 0 unspecified atom stereocenters. The van der Waals surface area contributed by atoms with Crippen molar-refractivity contribution in [3.8, 4) is 0 Å². The van der Waals surface area contributed by atoms with Gasteiger partial charge in [-0.05, 0) is 0 Å². The fourth-order valence-electron chi connectivity index (χ4n) is 8.68. The number of rotatable bonds is 25. The summed E-state index contributed by atoms with van der Waals surface area (Å²) in [5, 5.41) is 0. The van der Waals surface area contributed by atoms with Crippen LogP contribution in [0, 0.1) is 11.8 Å². The van der Waals surface area contributed by atoms with Gasteiger partial charge in [0, 0.05) is 0 Å². The van der Waals surface area contributed by atoms with Gasteiger partial charge >= 0.3 is 287 Å². The summed E-state index contributed by atoms with van der Waals surface area (Å²) in [5.41, 5.74) is 1.37. The van der Waals surface area contributed by atoms with Gasteiger partial charge in [-0.15, -0.1) is 0 Å². The molecular weight excluding hydrogens is 655 g/mol. The van der Waals surface area contributed by atoms with Crippen molar-refractivity contribution in [3.63, 3.8) is 0 Å². The average molecular weight is 732 g/mol. The molecule has 0 amide bonds. The maximum atomic E-state index is 14.2. The van der Waals surface area contributed by atoms with Crippen LogP contribution in [0.4, 0.5) is 0 Å². The summed E-state index contributed by atoms with van der Waals surface area (Å²) < 4.78 is 11.8. The van der Waals surface area contributed by atoms with Crippen LogP contribution in [0.2, 0.25) is 17.2 Å². The zero-order valence-corrected chi connectivity index (χ0v) is 34.1. The van der Waals surface area contributed by atoms with Gasteiger partial charge in [-0.25, -0.2) is 0 Å². The number of ether oxygens (including phenoxy) is 1. The number of hydrogen-bond acceptors (Lipinski definition) is 2. The first kappa shape index (κ1) is 40.7. The van der Waals surface area contributed by atoms with E-state index in [2.05, 4.69) is 78.8 Å². The fraction of sp³-hybridized carbons (Fsp3) is 0.833. The molecule has 45 heavy (non-hydrogen) atoms. The zero-order chi connectivity index (χ0) is 33.0. The topological polar surface area (TPSA) is 26.3 Å². The summed E-state index contributed by atoms with van der Waals surface area (Å²) in [4.78, 5) is 14.2. The van der Waals surface area contributed by atoms with Gasteiger partial charge in [0.25, 0.3) is 0 Å². The molecule has 0 aliphatic heterocycles. The van der Waals surface area contributed by atoms with E-state index in [0.29, 0.717) is 22.2 Å². The molecular formula is C42H76O2Sn. The Morgan fingerprint density at radius 1 is 0.756 bits per heavy atom. The Kier molecular flexibility index (Phi) is 20.7. The maximum absolute atomic E-state index is 14.2. The van der Waals surface area contributed by atoms with Gasteiger partial charge in [-0.1, -0.05) is 0 Å². The van der Waals surface area contributed by atoms with E-state index >= 15 is 0 Å². The first-order chi connectivity index (χ1) is 21.7. The second-order valence-corrected chi connectivity index (χ2v) is 30.2. The molecule has 0 N–H and O–H groups in total. The van der Waals surface area contributed by atoms with Gasteiger partial charge in [0.2, 0.25) is 0 Å². The van der Waals surface area contributed by atoms with Crippen LogP contribution in [0.25, 0.3) is 0 Å². The molecule has 1 saturated carbocycles. The molecule has 2 nitrogen and oxygen atoms in total.